The number of nitrogens with one attached hydrogen (secondary N) is 1. The molecule has 1 N–H and O–H groups in total. The van der Waals surface area contributed by atoms with Gasteiger partial charge in [-0.1, -0.05) is 26.7 Å². The van der Waals surface area contributed by atoms with Crippen LogP contribution in [0.15, 0.2) is 0 Å². The standard InChI is InChI=1S/C19H36N2O2/c1-6-15(7-2)14-20-16-9-12-21(17(22)23-18(3,4)5)19(13-16)10-8-11-19/h15-16,20H,6-14H2,1-5H3. The summed E-state index contributed by atoms with van der Waals surface area (Å²) < 4.78 is 5.64. The van der Waals surface area contributed by atoms with Crippen LogP contribution < -0.4 is 5.32 Å². The molecular formula is C19H36N2O2. The summed E-state index contributed by atoms with van der Waals surface area (Å²) in [6, 6.07) is 0.551. The summed E-state index contributed by atoms with van der Waals surface area (Å²) >= 11 is 0. The zero-order valence-electron chi connectivity index (χ0n) is 15.8. The minimum Gasteiger partial charge on any atom is -0.444 e. The average Bonchev–Trinajstić information content (AvgIpc) is 2.44. The van der Waals surface area contributed by atoms with Crippen LogP contribution in [0.3, 0.4) is 0 Å². The van der Waals surface area contributed by atoms with Crippen molar-refractivity contribution in [3.63, 3.8) is 0 Å². The highest BCUT2D eigenvalue weighted by Crippen LogP contribution is 2.45. The van der Waals surface area contributed by atoms with E-state index >= 15 is 0 Å². The third-order valence-corrected chi connectivity index (χ3v) is 5.65. The van der Waals surface area contributed by atoms with E-state index in [0.717, 1.165) is 44.7 Å². The first-order valence-electron chi connectivity index (χ1n) is 9.53. The Morgan fingerprint density at radius 3 is 2.43 bits per heavy atom. The summed E-state index contributed by atoms with van der Waals surface area (Å²) in [6.45, 7) is 12.3. The van der Waals surface area contributed by atoms with E-state index in [-0.39, 0.29) is 11.6 Å². The topological polar surface area (TPSA) is 41.6 Å². The van der Waals surface area contributed by atoms with Crippen molar-refractivity contribution in [2.75, 3.05) is 13.1 Å². The molecule has 1 spiro atoms. The Morgan fingerprint density at radius 2 is 1.96 bits per heavy atom. The molecule has 1 aliphatic carbocycles. The monoisotopic (exact) mass is 324 g/mol. The fraction of sp³-hybridized carbons (Fsp3) is 0.947. The highest BCUT2D eigenvalue weighted by Gasteiger charge is 2.49. The number of carbonyl (C=O) groups excluding carboxylic acids is 1. The lowest BCUT2D eigenvalue weighted by Gasteiger charge is -2.55. The number of carbonyl (C=O) groups is 1. The van der Waals surface area contributed by atoms with Crippen LogP contribution >= 0.6 is 0 Å². The second kappa shape index (κ2) is 7.42. The Balaban J connectivity index is 1.93. The van der Waals surface area contributed by atoms with Gasteiger partial charge in [-0.15, -0.1) is 0 Å². The Labute approximate surface area is 142 Å². The molecule has 1 atom stereocenters. The SMILES string of the molecule is CCC(CC)CNC1CCN(C(=O)OC(C)(C)C)C2(CCC2)C1. The van der Waals surface area contributed by atoms with Crippen LogP contribution in [0.5, 0.6) is 0 Å². The number of hydrogen-bond acceptors (Lipinski definition) is 3. The molecule has 0 aromatic rings. The van der Waals surface area contributed by atoms with Gasteiger partial charge in [0.25, 0.3) is 0 Å². The van der Waals surface area contributed by atoms with Crippen molar-refractivity contribution in [3.8, 4) is 0 Å². The van der Waals surface area contributed by atoms with Crippen molar-refractivity contribution < 1.29 is 9.53 Å². The first-order valence-corrected chi connectivity index (χ1v) is 9.53. The zero-order valence-corrected chi connectivity index (χ0v) is 15.8. The minimum atomic E-state index is -0.410. The van der Waals surface area contributed by atoms with Crippen LogP contribution in [0, 0.1) is 5.92 Å². The molecule has 1 aliphatic heterocycles. The highest BCUT2D eigenvalue weighted by molar-refractivity contribution is 5.69. The van der Waals surface area contributed by atoms with Crippen molar-refractivity contribution in [1.82, 2.24) is 10.2 Å². The maximum Gasteiger partial charge on any atom is 0.410 e. The lowest BCUT2D eigenvalue weighted by Crippen LogP contribution is -2.63. The Bertz CT molecular complexity index is 395. The molecule has 1 saturated carbocycles. The lowest BCUT2D eigenvalue weighted by molar-refractivity contribution is -0.0495. The molecule has 1 heterocycles. The van der Waals surface area contributed by atoms with Gasteiger partial charge in [-0.25, -0.2) is 4.79 Å². The summed E-state index contributed by atoms with van der Waals surface area (Å²) in [6.07, 6.45) is 8.00. The van der Waals surface area contributed by atoms with Gasteiger partial charge in [0.05, 0.1) is 0 Å². The van der Waals surface area contributed by atoms with Crippen molar-refractivity contribution in [3.05, 3.63) is 0 Å². The highest BCUT2D eigenvalue weighted by atomic mass is 16.6. The van der Waals surface area contributed by atoms with Crippen LogP contribution in [0.1, 0.15) is 79.6 Å². The molecule has 23 heavy (non-hydrogen) atoms. The van der Waals surface area contributed by atoms with E-state index < -0.39 is 5.60 Å². The smallest absolute Gasteiger partial charge is 0.410 e. The van der Waals surface area contributed by atoms with Gasteiger partial charge in [0, 0.05) is 18.1 Å². The number of ether oxygens (including phenoxy) is 1. The molecule has 2 aliphatic rings. The van der Waals surface area contributed by atoms with Crippen molar-refractivity contribution in [1.29, 1.82) is 0 Å². The molecule has 0 aromatic heterocycles. The third kappa shape index (κ3) is 4.62. The number of piperidine rings is 1. The van der Waals surface area contributed by atoms with Crippen LogP contribution in [0.25, 0.3) is 0 Å². The van der Waals surface area contributed by atoms with Crippen LogP contribution in [-0.4, -0.2) is 41.3 Å². The normalized spacial score (nSPS) is 23.9. The minimum absolute atomic E-state index is 0.0617. The molecule has 0 radical (unpaired) electrons. The quantitative estimate of drug-likeness (QED) is 0.818. The first-order chi connectivity index (χ1) is 10.8. The van der Waals surface area contributed by atoms with Crippen LogP contribution in [0.2, 0.25) is 0 Å². The predicted octanol–water partition coefficient (Wildman–Crippen LogP) is 4.33. The Kier molecular flexibility index (Phi) is 5.99. The number of nitrogens with zero attached hydrogens (tertiary/aromatic N) is 1. The van der Waals surface area contributed by atoms with Crippen molar-refractivity contribution in [2.24, 2.45) is 5.92 Å². The molecule has 1 unspecified atom stereocenters. The lowest BCUT2D eigenvalue weighted by atomic mass is 9.69. The predicted molar refractivity (Wildman–Crippen MR) is 94.6 cm³/mol. The first kappa shape index (κ1) is 18.6. The molecule has 0 bridgehead atoms. The van der Waals surface area contributed by atoms with E-state index in [9.17, 15) is 4.79 Å². The number of rotatable bonds is 5. The molecule has 1 amide bonds. The number of hydrogen-bond donors (Lipinski definition) is 1. The summed E-state index contributed by atoms with van der Waals surface area (Å²) in [5.74, 6) is 0.774. The Morgan fingerprint density at radius 1 is 1.30 bits per heavy atom. The fourth-order valence-electron chi connectivity index (χ4n) is 3.94. The van der Waals surface area contributed by atoms with E-state index in [2.05, 4.69) is 19.2 Å². The van der Waals surface area contributed by atoms with Gasteiger partial charge >= 0.3 is 6.09 Å². The summed E-state index contributed by atoms with van der Waals surface area (Å²) in [5.41, 5.74) is -0.348. The maximum absolute atomic E-state index is 12.6. The van der Waals surface area contributed by atoms with Crippen molar-refractivity contribution in [2.45, 2.75) is 96.7 Å². The van der Waals surface area contributed by atoms with Gasteiger partial charge in [0.1, 0.15) is 5.60 Å². The average molecular weight is 325 g/mol. The van der Waals surface area contributed by atoms with Gasteiger partial charge in [0.15, 0.2) is 0 Å². The largest absolute Gasteiger partial charge is 0.444 e. The summed E-state index contributed by atoms with van der Waals surface area (Å²) in [7, 11) is 0. The van der Waals surface area contributed by atoms with Crippen molar-refractivity contribution >= 4 is 6.09 Å². The fourth-order valence-corrected chi connectivity index (χ4v) is 3.94. The van der Waals surface area contributed by atoms with Gasteiger partial charge < -0.3 is 15.0 Å². The van der Waals surface area contributed by atoms with Gasteiger partial charge in [-0.2, -0.15) is 0 Å². The van der Waals surface area contributed by atoms with Gasteiger partial charge in [-0.05, 0) is 65.3 Å². The molecule has 2 rings (SSSR count). The zero-order chi connectivity index (χ0) is 17.1. The second-order valence-electron chi connectivity index (χ2n) is 8.49. The van der Waals surface area contributed by atoms with E-state index in [1.807, 2.05) is 25.7 Å². The molecular weight excluding hydrogens is 288 g/mol. The molecule has 4 nitrogen and oxygen atoms in total. The van der Waals surface area contributed by atoms with Gasteiger partial charge in [-0.3, -0.25) is 0 Å². The summed E-state index contributed by atoms with van der Waals surface area (Å²) in [4.78, 5) is 14.6. The van der Waals surface area contributed by atoms with Gasteiger partial charge in [0.2, 0.25) is 0 Å². The molecule has 134 valence electrons. The number of amides is 1. The summed E-state index contributed by atoms with van der Waals surface area (Å²) in [5, 5.41) is 3.78. The van der Waals surface area contributed by atoms with E-state index in [1.54, 1.807) is 0 Å². The van der Waals surface area contributed by atoms with Crippen LogP contribution in [0.4, 0.5) is 4.79 Å². The van der Waals surface area contributed by atoms with E-state index in [0.29, 0.717) is 6.04 Å². The van der Waals surface area contributed by atoms with E-state index in [4.69, 9.17) is 4.74 Å². The molecule has 1 saturated heterocycles. The molecule has 2 fully saturated rings. The molecule has 0 aromatic carbocycles. The van der Waals surface area contributed by atoms with E-state index in [1.165, 1.54) is 19.3 Å². The maximum atomic E-state index is 12.6. The third-order valence-electron chi connectivity index (χ3n) is 5.65. The second-order valence-corrected chi connectivity index (χ2v) is 8.49. The number of likely N-dealkylation sites (tertiary alicyclic amines) is 1. The molecule has 4 heteroatoms. The Hall–Kier alpha value is -0.770. The van der Waals surface area contributed by atoms with Crippen LogP contribution in [-0.2, 0) is 4.74 Å².